The van der Waals surface area contributed by atoms with Crippen LogP contribution < -0.4 is 5.73 Å². The van der Waals surface area contributed by atoms with Gasteiger partial charge in [-0.15, -0.1) is 6.42 Å². The standard InChI is InChI=1S/C20H28FN5O4/c1-5-7-8-9-13(3)18(28)30-11-20(6-2,29-4)14(27)10-26-12-23-15-16(22)24-19(21)25-17(15)26/h2,12-14,27H,5,7-11H2,1,3-4H3,(H2,22,24,25)/t13?,14-,20?/m0/s1. The summed E-state index contributed by atoms with van der Waals surface area (Å²) >= 11 is 0. The lowest BCUT2D eigenvalue weighted by Gasteiger charge is -2.32. The Morgan fingerprint density at radius 1 is 1.47 bits per heavy atom. The molecule has 0 aliphatic carbocycles. The van der Waals surface area contributed by atoms with Crippen molar-refractivity contribution in [1.29, 1.82) is 0 Å². The van der Waals surface area contributed by atoms with Crippen molar-refractivity contribution < 1.29 is 23.8 Å². The fraction of sp³-hybridized carbons (Fsp3) is 0.600. The summed E-state index contributed by atoms with van der Waals surface area (Å²) in [6.45, 7) is 3.39. The number of anilines is 1. The number of aliphatic hydroxyl groups excluding tert-OH is 1. The van der Waals surface area contributed by atoms with Gasteiger partial charge in [-0.3, -0.25) is 4.79 Å². The van der Waals surface area contributed by atoms with Gasteiger partial charge in [0.05, 0.1) is 18.8 Å². The predicted molar refractivity (Wildman–Crippen MR) is 109 cm³/mol. The Hall–Kier alpha value is -2.77. The average Bonchev–Trinajstić information content (AvgIpc) is 3.11. The molecular formula is C20H28FN5O4. The topological polar surface area (TPSA) is 125 Å². The van der Waals surface area contributed by atoms with Gasteiger partial charge in [0, 0.05) is 7.11 Å². The Kier molecular flexibility index (Phi) is 8.08. The molecule has 0 aliphatic heterocycles. The number of rotatable bonds is 11. The summed E-state index contributed by atoms with van der Waals surface area (Å²) < 4.78 is 25.6. The Balaban J connectivity index is 2.11. The first kappa shape index (κ1) is 23.5. The van der Waals surface area contributed by atoms with E-state index in [9.17, 15) is 14.3 Å². The number of nitrogen functional groups attached to an aromatic ring is 1. The van der Waals surface area contributed by atoms with Gasteiger partial charge in [0.15, 0.2) is 17.1 Å². The number of aliphatic hydroxyl groups is 1. The Bertz CT molecular complexity index is 912. The van der Waals surface area contributed by atoms with Crippen molar-refractivity contribution in [1.82, 2.24) is 19.5 Å². The van der Waals surface area contributed by atoms with Crippen molar-refractivity contribution in [3.05, 3.63) is 12.4 Å². The number of carbonyl (C=O) groups excluding carboxylic acids is 1. The molecule has 9 nitrogen and oxygen atoms in total. The van der Waals surface area contributed by atoms with E-state index in [4.69, 9.17) is 21.6 Å². The zero-order chi connectivity index (χ0) is 22.3. The zero-order valence-corrected chi connectivity index (χ0v) is 17.5. The van der Waals surface area contributed by atoms with Gasteiger partial charge in [0.25, 0.3) is 0 Å². The van der Waals surface area contributed by atoms with Gasteiger partial charge in [-0.05, 0) is 6.42 Å². The number of imidazole rings is 1. The van der Waals surface area contributed by atoms with E-state index in [1.807, 2.05) is 0 Å². The van der Waals surface area contributed by atoms with Crippen LogP contribution in [-0.4, -0.2) is 56.0 Å². The SMILES string of the molecule is C#CC(COC(=O)C(C)CCCCC)(OC)[C@@H](O)Cn1cnc2c(N)nc(F)nc21. The maximum Gasteiger partial charge on any atom is 0.312 e. The second kappa shape index (κ2) is 10.3. The molecule has 3 N–H and O–H groups in total. The predicted octanol–water partition coefficient (Wildman–Crippen LogP) is 1.69. The van der Waals surface area contributed by atoms with Crippen LogP contribution in [0.15, 0.2) is 6.33 Å². The number of methoxy groups -OCH3 is 1. The van der Waals surface area contributed by atoms with Crippen molar-refractivity contribution in [3.8, 4) is 12.3 Å². The molecule has 0 spiro atoms. The van der Waals surface area contributed by atoms with Gasteiger partial charge < -0.3 is 24.9 Å². The lowest BCUT2D eigenvalue weighted by Crippen LogP contribution is -2.49. The summed E-state index contributed by atoms with van der Waals surface area (Å²) in [5.41, 5.74) is 4.34. The normalized spacial score (nSPS) is 15.3. The fourth-order valence-corrected chi connectivity index (χ4v) is 3.03. The lowest BCUT2D eigenvalue weighted by atomic mass is 9.97. The lowest BCUT2D eigenvalue weighted by molar-refractivity contribution is -0.161. The average molecular weight is 421 g/mol. The van der Waals surface area contributed by atoms with Crippen LogP contribution in [0.5, 0.6) is 0 Å². The molecule has 2 aromatic heterocycles. The van der Waals surface area contributed by atoms with E-state index >= 15 is 0 Å². The molecule has 0 fully saturated rings. The van der Waals surface area contributed by atoms with Crippen LogP contribution in [-0.2, 0) is 20.8 Å². The van der Waals surface area contributed by atoms with E-state index in [0.717, 1.165) is 19.3 Å². The first-order valence-electron chi connectivity index (χ1n) is 9.79. The van der Waals surface area contributed by atoms with Gasteiger partial charge in [0.2, 0.25) is 0 Å². The minimum atomic E-state index is -1.60. The second-order valence-corrected chi connectivity index (χ2v) is 7.21. The quantitative estimate of drug-likeness (QED) is 0.243. The molecule has 10 heteroatoms. The number of terminal acetylenes is 1. The fourth-order valence-electron chi connectivity index (χ4n) is 3.03. The van der Waals surface area contributed by atoms with Gasteiger partial charge in [0.1, 0.15) is 18.2 Å². The number of halogens is 1. The number of nitrogens with two attached hydrogens (primary N) is 1. The summed E-state index contributed by atoms with van der Waals surface area (Å²) in [7, 11) is 1.31. The Morgan fingerprint density at radius 3 is 2.83 bits per heavy atom. The summed E-state index contributed by atoms with van der Waals surface area (Å²) in [6, 6.07) is 0. The van der Waals surface area contributed by atoms with Crippen LogP contribution in [0.1, 0.15) is 39.5 Å². The largest absolute Gasteiger partial charge is 0.461 e. The van der Waals surface area contributed by atoms with Crippen molar-refractivity contribution in [2.24, 2.45) is 5.92 Å². The van der Waals surface area contributed by atoms with Gasteiger partial charge >= 0.3 is 12.0 Å². The van der Waals surface area contributed by atoms with E-state index in [-0.39, 0.29) is 36.1 Å². The summed E-state index contributed by atoms with van der Waals surface area (Å²) in [5.74, 6) is 1.56. The first-order valence-corrected chi connectivity index (χ1v) is 9.79. The number of unbranched alkanes of at least 4 members (excludes halogenated alkanes) is 2. The smallest absolute Gasteiger partial charge is 0.312 e. The number of carbonyl (C=O) groups is 1. The molecule has 2 unspecified atom stereocenters. The zero-order valence-electron chi connectivity index (χ0n) is 17.5. The van der Waals surface area contributed by atoms with Crippen molar-refractivity contribution in [2.75, 3.05) is 19.5 Å². The molecular weight excluding hydrogens is 393 g/mol. The molecule has 164 valence electrons. The maximum atomic E-state index is 13.5. The Morgan fingerprint density at radius 2 is 2.20 bits per heavy atom. The minimum absolute atomic E-state index is 0.0996. The molecule has 2 heterocycles. The minimum Gasteiger partial charge on any atom is -0.461 e. The molecule has 0 bridgehead atoms. The monoisotopic (exact) mass is 421 g/mol. The number of esters is 1. The van der Waals surface area contributed by atoms with Gasteiger partial charge in [-0.1, -0.05) is 39.0 Å². The highest BCUT2D eigenvalue weighted by Crippen LogP contribution is 2.22. The summed E-state index contributed by atoms with van der Waals surface area (Å²) in [6.07, 6.45) is 8.34. The van der Waals surface area contributed by atoms with Crippen LogP contribution >= 0.6 is 0 Å². The van der Waals surface area contributed by atoms with E-state index in [0.29, 0.717) is 6.42 Å². The third kappa shape index (κ3) is 5.23. The van der Waals surface area contributed by atoms with Crippen LogP contribution in [0, 0.1) is 24.3 Å². The highest BCUT2D eigenvalue weighted by Gasteiger charge is 2.39. The van der Waals surface area contributed by atoms with Crippen LogP contribution in [0.4, 0.5) is 10.2 Å². The number of nitrogens with zero attached hydrogens (tertiary/aromatic N) is 4. The van der Waals surface area contributed by atoms with E-state index in [1.54, 1.807) is 6.92 Å². The van der Waals surface area contributed by atoms with Crippen molar-refractivity contribution >= 4 is 23.0 Å². The molecule has 30 heavy (non-hydrogen) atoms. The van der Waals surface area contributed by atoms with E-state index in [2.05, 4.69) is 27.8 Å². The highest BCUT2D eigenvalue weighted by atomic mass is 19.1. The van der Waals surface area contributed by atoms with Crippen molar-refractivity contribution in [3.63, 3.8) is 0 Å². The molecule has 2 aromatic rings. The second-order valence-electron chi connectivity index (χ2n) is 7.21. The van der Waals surface area contributed by atoms with Crippen LogP contribution in [0.3, 0.4) is 0 Å². The molecule has 0 saturated carbocycles. The first-order chi connectivity index (χ1) is 14.3. The van der Waals surface area contributed by atoms with E-state index in [1.165, 1.54) is 18.0 Å². The molecule has 0 saturated heterocycles. The number of fused-ring (bicyclic) bond motifs is 1. The third-order valence-electron chi connectivity index (χ3n) is 5.05. The highest BCUT2D eigenvalue weighted by molar-refractivity contribution is 5.81. The molecule has 2 rings (SSSR count). The van der Waals surface area contributed by atoms with Crippen LogP contribution in [0.2, 0.25) is 0 Å². The molecule has 0 aromatic carbocycles. The summed E-state index contributed by atoms with van der Waals surface area (Å²) in [4.78, 5) is 23.4. The Labute approximate surface area is 174 Å². The number of aromatic nitrogens is 4. The molecule has 0 amide bonds. The van der Waals surface area contributed by atoms with E-state index < -0.39 is 23.8 Å². The third-order valence-corrected chi connectivity index (χ3v) is 5.05. The maximum absolute atomic E-state index is 13.5. The molecule has 3 atom stereocenters. The number of ether oxygens (including phenoxy) is 2. The summed E-state index contributed by atoms with van der Waals surface area (Å²) in [5, 5.41) is 10.8. The molecule has 0 aliphatic rings. The van der Waals surface area contributed by atoms with Gasteiger partial charge in [-0.2, -0.15) is 14.4 Å². The number of hydrogen-bond donors (Lipinski definition) is 2. The molecule has 0 radical (unpaired) electrons. The number of hydrogen-bond acceptors (Lipinski definition) is 8. The van der Waals surface area contributed by atoms with Crippen molar-refractivity contribution in [2.45, 2.75) is 57.8 Å². The van der Waals surface area contributed by atoms with Crippen LogP contribution in [0.25, 0.3) is 11.2 Å². The van der Waals surface area contributed by atoms with Gasteiger partial charge in [-0.25, -0.2) is 4.98 Å².